The lowest BCUT2D eigenvalue weighted by atomic mass is 9.95. The SMILES string of the molecule is C[Si](C)(C)CC(CBr)C1CCS(=O)(=O)C1. The van der Waals surface area contributed by atoms with Gasteiger partial charge >= 0.3 is 0 Å². The summed E-state index contributed by atoms with van der Waals surface area (Å²) in [7, 11) is -3.79. The zero-order valence-corrected chi connectivity index (χ0v) is 13.2. The predicted molar refractivity (Wildman–Crippen MR) is 72.2 cm³/mol. The Morgan fingerprint density at radius 2 is 2.00 bits per heavy atom. The second-order valence-electron chi connectivity index (χ2n) is 5.84. The molecule has 1 fully saturated rings. The van der Waals surface area contributed by atoms with Gasteiger partial charge in [0.1, 0.15) is 0 Å². The molecule has 0 aromatic rings. The smallest absolute Gasteiger partial charge is 0.150 e. The van der Waals surface area contributed by atoms with Crippen LogP contribution < -0.4 is 0 Å². The zero-order valence-electron chi connectivity index (χ0n) is 9.79. The Hall–Kier alpha value is 0.647. The van der Waals surface area contributed by atoms with E-state index in [4.69, 9.17) is 0 Å². The molecule has 0 amide bonds. The van der Waals surface area contributed by atoms with Crippen molar-refractivity contribution < 1.29 is 8.42 Å². The largest absolute Gasteiger partial charge is 0.229 e. The van der Waals surface area contributed by atoms with Crippen LogP contribution in [0.15, 0.2) is 0 Å². The molecule has 1 saturated heterocycles. The van der Waals surface area contributed by atoms with Gasteiger partial charge in [0.05, 0.1) is 11.5 Å². The Morgan fingerprint density at radius 1 is 1.40 bits per heavy atom. The number of rotatable bonds is 4. The normalized spacial score (nSPS) is 27.9. The maximum atomic E-state index is 11.4. The van der Waals surface area contributed by atoms with Gasteiger partial charge in [0, 0.05) is 13.4 Å². The van der Waals surface area contributed by atoms with Crippen molar-refractivity contribution in [2.75, 3.05) is 16.8 Å². The highest BCUT2D eigenvalue weighted by atomic mass is 79.9. The van der Waals surface area contributed by atoms with E-state index in [9.17, 15) is 8.42 Å². The number of sulfone groups is 1. The Labute approximate surface area is 103 Å². The van der Waals surface area contributed by atoms with E-state index >= 15 is 0 Å². The summed E-state index contributed by atoms with van der Waals surface area (Å²) in [4.78, 5) is 0. The van der Waals surface area contributed by atoms with Crippen molar-refractivity contribution in [3.8, 4) is 0 Å². The van der Waals surface area contributed by atoms with Crippen molar-refractivity contribution in [1.29, 1.82) is 0 Å². The molecule has 2 atom stereocenters. The van der Waals surface area contributed by atoms with Crippen LogP contribution >= 0.6 is 15.9 Å². The van der Waals surface area contributed by atoms with Gasteiger partial charge in [-0.3, -0.25) is 0 Å². The van der Waals surface area contributed by atoms with Crippen molar-refractivity contribution in [3.05, 3.63) is 0 Å². The third-order valence-corrected chi connectivity index (χ3v) is 7.38. The van der Waals surface area contributed by atoms with Crippen LogP contribution in [0.1, 0.15) is 6.42 Å². The summed E-state index contributed by atoms with van der Waals surface area (Å²) in [6.07, 6.45) is 0.878. The summed E-state index contributed by atoms with van der Waals surface area (Å²) in [5.74, 6) is 1.80. The highest BCUT2D eigenvalue weighted by Gasteiger charge is 2.35. The Balaban J connectivity index is 2.61. The standard InChI is InChI=1S/C10H21BrO2SSi/c1-15(2,3)8-10(6-11)9-4-5-14(12,13)7-9/h9-10H,4-8H2,1-3H3. The van der Waals surface area contributed by atoms with Crippen LogP contribution in [0.25, 0.3) is 0 Å². The molecule has 1 heterocycles. The highest BCUT2D eigenvalue weighted by molar-refractivity contribution is 9.09. The molecule has 1 aliphatic rings. The van der Waals surface area contributed by atoms with Crippen LogP contribution in [0, 0.1) is 11.8 Å². The lowest BCUT2D eigenvalue weighted by Crippen LogP contribution is -2.29. The second-order valence-corrected chi connectivity index (χ2v) is 14.2. The lowest BCUT2D eigenvalue weighted by molar-refractivity contribution is 0.433. The lowest BCUT2D eigenvalue weighted by Gasteiger charge is -2.27. The van der Waals surface area contributed by atoms with E-state index in [0.717, 1.165) is 11.8 Å². The quantitative estimate of drug-likeness (QED) is 0.591. The summed E-state index contributed by atoms with van der Waals surface area (Å²) in [6.45, 7) is 7.06. The van der Waals surface area contributed by atoms with Crippen LogP contribution in [-0.4, -0.2) is 33.3 Å². The molecular weight excluding hydrogens is 292 g/mol. The second kappa shape index (κ2) is 4.88. The maximum absolute atomic E-state index is 11.4. The van der Waals surface area contributed by atoms with Gasteiger partial charge in [0.25, 0.3) is 0 Å². The third kappa shape index (κ3) is 4.57. The molecule has 0 saturated carbocycles. The monoisotopic (exact) mass is 312 g/mol. The summed E-state index contributed by atoms with van der Waals surface area (Å²) < 4.78 is 22.8. The molecule has 0 aromatic heterocycles. The zero-order chi connectivity index (χ0) is 11.7. The van der Waals surface area contributed by atoms with E-state index in [2.05, 4.69) is 35.6 Å². The summed E-state index contributed by atoms with van der Waals surface area (Å²) in [5.41, 5.74) is 0. The van der Waals surface area contributed by atoms with Gasteiger partial charge in [-0.1, -0.05) is 41.6 Å². The van der Waals surface area contributed by atoms with Crippen LogP contribution in [-0.2, 0) is 9.84 Å². The van der Waals surface area contributed by atoms with Gasteiger partial charge in [-0.25, -0.2) is 8.42 Å². The Bertz CT molecular complexity index is 308. The average molecular weight is 313 g/mol. The van der Waals surface area contributed by atoms with Crippen LogP contribution in [0.2, 0.25) is 25.7 Å². The molecule has 0 aliphatic carbocycles. The number of halogens is 1. The first-order valence-electron chi connectivity index (χ1n) is 5.50. The molecule has 1 aliphatic heterocycles. The van der Waals surface area contributed by atoms with E-state index in [1.165, 1.54) is 6.04 Å². The van der Waals surface area contributed by atoms with Gasteiger partial charge in [-0.15, -0.1) is 0 Å². The molecule has 0 bridgehead atoms. The molecule has 0 spiro atoms. The van der Waals surface area contributed by atoms with Gasteiger partial charge in [-0.2, -0.15) is 0 Å². The van der Waals surface area contributed by atoms with Crippen LogP contribution in [0.5, 0.6) is 0 Å². The van der Waals surface area contributed by atoms with Crippen molar-refractivity contribution in [1.82, 2.24) is 0 Å². The fourth-order valence-electron chi connectivity index (χ4n) is 2.33. The molecule has 5 heteroatoms. The van der Waals surface area contributed by atoms with Gasteiger partial charge in [-0.05, 0) is 18.3 Å². The number of hydrogen-bond donors (Lipinski definition) is 0. The molecule has 2 unspecified atom stereocenters. The third-order valence-electron chi connectivity index (χ3n) is 3.01. The first-order chi connectivity index (χ1) is 6.73. The van der Waals surface area contributed by atoms with E-state index in [1.807, 2.05) is 0 Å². The fourth-order valence-corrected chi connectivity index (χ4v) is 7.48. The van der Waals surface area contributed by atoms with Gasteiger partial charge in [0.15, 0.2) is 9.84 Å². The first kappa shape index (κ1) is 13.7. The van der Waals surface area contributed by atoms with Crippen molar-refractivity contribution >= 4 is 33.8 Å². The minimum absolute atomic E-state index is 0.404. The van der Waals surface area contributed by atoms with E-state index in [-0.39, 0.29) is 0 Å². The Kier molecular flexibility index (Phi) is 4.46. The number of hydrogen-bond acceptors (Lipinski definition) is 2. The van der Waals surface area contributed by atoms with Crippen LogP contribution in [0.4, 0.5) is 0 Å². The van der Waals surface area contributed by atoms with Crippen LogP contribution in [0.3, 0.4) is 0 Å². The van der Waals surface area contributed by atoms with Crippen molar-refractivity contribution in [2.24, 2.45) is 11.8 Å². The Morgan fingerprint density at radius 3 is 2.33 bits per heavy atom. The topological polar surface area (TPSA) is 34.1 Å². The fraction of sp³-hybridized carbons (Fsp3) is 1.00. The summed E-state index contributed by atoms with van der Waals surface area (Å²) >= 11 is 3.54. The average Bonchev–Trinajstić information content (AvgIpc) is 2.40. The first-order valence-corrected chi connectivity index (χ1v) is 12.1. The van der Waals surface area contributed by atoms with E-state index in [1.54, 1.807) is 0 Å². The molecule has 15 heavy (non-hydrogen) atoms. The molecule has 0 N–H and O–H groups in total. The minimum Gasteiger partial charge on any atom is -0.229 e. The predicted octanol–water partition coefficient (Wildman–Crippen LogP) is 2.77. The molecule has 90 valence electrons. The molecular formula is C10H21BrO2SSi. The maximum Gasteiger partial charge on any atom is 0.150 e. The van der Waals surface area contributed by atoms with E-state index < -0.39 is 17.9 Å². The molecule has 0 radical (unpaired) electrons. The summed E-state index contributed by atoms with van der Waals surface area (Å²) in [6, 6.07) is 1.23. The van der Waals surface area contributed by atoms with Crippen molar-refractivity contribution in [3.63, 3.8) is 0 Å². The van der Waals surface area contributed by atoms with Gasteiger partial charge in [0.2, 0.25) is 0 Å². The highest BCUT2D eigenvalue weighted by Crippen LogP contribution is 2.32. The van der Waals surface area contributed by atoms with Gasteiger partial charge < -0.3 is 0 Å². The molecule has 0 aromatic carbocycles. The van der Waals surface area contributed by atoms with Crippen molar-refractivity contribution in [2.45, 2.75) is 32.1 Å². The molecule has 2 nitrogen and oxygen atoms in total. The number of alkyl halides is 1. The minimum atomic E-state index is -2.71. The summed E-state index contributed by atoms with van der Waals surface area (Å²) in [5, 5.41) is 0.956. The van der Waals surface area contributed by atoms with E-state index in [0.29, 0.717) is 23.3 Å². The molecule has 1 rings (SSSR count).